The first-order valence-electron chi connectivity index (χ1n) is 10.4. The van der Waals surface area contributed by atoms with Crippen LogP contribution in [0.25, 0.3) is 0 Å². The number of aromatic nitrogens is 2. The van der Waals surface area contributed by atoms with Crippen molar-refractivity contribution in [2.45, 2.75) is 103 Å². The third-order valence-corrected chi connectivity index (χ3v) is 5.01. The van der Waals surface area contributed by atoms with Crippen LogP contribution < -0.4 is 11.2 Å². The highest BCUT2D eigenvalue weighted by atomic mass is 16.2. The Morgan fingerprint density at radius 1 is 0.720 bits per heavy atom. The summed E-state index contributed by atoms with van der Waals surface area (Å²) < 4.78 is 2.81. The van der Waals surface area contributed by atoms with E-state index in [4.69, 9.17) is 0 Å². The van der Waals surface area contributed by atoms with E-state index in [1.165, 1.54) is 94.7 Å². The van der Waals surface area contributed by atoms with E-state index in [1.807, 2.05) is 0 Å². The topological polar surface area (TPSA) is 44.0 Å². The molecule has 0 aliphatic heterocycles. The first-order chi connectivity index (χ1) is 12.2. The zero-order valence-electron chi connectivity index (χ0n) is 16.5. The van der Waals surface area contributed by atoms with Crippen molar-refractivity contribution in [1.29, 1.82) is 0 Å². The molecule has 0 unspecified atom stereocenters. The largest absolute Gasteiger partial charge is 0.330 e. The Morgan fingerprint density at radius 3 is 1.64 bits per heavy atom. The Morgan fingerprint density at radius 2 is 1.16 bits per heavy atom. The first-order valence-corrected chi connectivity index (χ1v) is 10.4. The van der Waals surface area contributed by atoms with Gasteiger partial charge in [-0.2, -0.15) is 0 Å². The molecule has 0 aromatic carbocycles. The van der Waals surface area contributed by atoms with Gasteiger partial charge in [0, 0.05) is 25.9 Å². The van der Waals surface area contributed by atoms with Crippen LogP contribution in [-0.4, -0.2) is 9.13 Å². The molecule has 0 aliphatic carbocycles. The third kappa shape index (κ3) is 9.66. The summed E-state index contributed by atoms with van der Waals surface area (Å²) in [5, 5.41) is 0. The highest BCUT2D eigenvalue weighted by Crippen LogP contribution is 2.13. The van der Waals surface area contributed by atoms with Crippen LogP contribution in [0.3, 0.4) is 0 Å². The molecule has 0 bridgehead atoms. The predicted molar refractivity (Wildman–Crippen MR) is 106 cm³/mol. The highest BCUT2D eigenvalue weighted by Gasteiger charge is 2.00. The van der Waals surface area contributed by atoms with Gasteiger partial charge < -0.3 is 4.57 Å². The quantitative estimate of drug-likeness (QED) is 0.416. The van der Waals surface area contributed by atoms with E-state index >= 15 is 0 Å². The number of aryl methyl sites for hydroxylation is 1. The first kappa shape index (κ1) is 21.7. The third-order valence-electron chi connectivity index (χ3n) is 5.01. The predicted octanol–water partition coefficient (Wildman–Crippen LogP) is 5.03. The number of nitrogens with zero attached hydrogens (tertiary/aromatic N) is 2. The van der Waals surface area contributed by atoms with Gasteiger partial charge in [0.05, 0.1) is 0 Å². The summed E-state index contributed by atoms with van der Waals surface area (Å²) in [7, 11) is 1.53. The van der Waals surface area contributed by atoms with Gasteiger partial charge >= 0.3 is 5.69 Å². The van der Waals surface area contributed by atoms with Crippen LogP contribution in [0.2, 0.25) is 0 Å². The summed E-state index contributed by atoms with van der Waals surface area (Å²) in [5.74, 6) is 0. The molecule has 1 heterocycles. The van der Waals surface area contributed by atoms with Gasteiger partial charge in [0.1, 0.15) is 0 Å². The fourth-order valence-corrected chi connectivity index (χ4v) is 3.26. The van der Waals surface area contributed by atoms with Gasteiger partial charge in [0.25, 0.3) is 5.56 Å². The molecule has 0 amide bonds. The lowest BCUT2D eigenvalue weighted by atomic mass is 10.0. The van der Waals surface area contributed by atoms with E-state index in [0.29, 0.717) is 6.54 Å². The lowest BCUT2D eigenvalue weighted by Crippen LogP contribution is -2.36. The van der Waals surface area contributed by atoms with Crippen molar-refractivity contribution in [3.05, 3.63) is 33.1 Å². The van der Waals surface area contributed by atoms with Gasteiger partial charge in [-0.1, -0.05) is 90.4 Å². The Hall–Kier alpha value is -1.32. The molecule has 4 heteroatoms. The maximum Gasteiger partial charge on any atom is 0.330 e. The monoisotopic (exact) mass is 350 g/mol. The minimum atomic E-state index is -0.234. The van der Waals surface area contributed by atoms with Gasteiger partial charge in [-0.15, -0.1) is 0 Å². The van der Waals surface area contributed by atoms with E-state index in [-0.39, 0.29) is 11.2 Å². The number of hydrogen-bond acceptors (Lipinski definition) is 2. The maximum absolute atomic E-state index is 11.9. The molecular weight excluding hydrogens is 312 g/mol. The summed E-state index contributed by atoms with van der Waals surface area (Å²) in [6.45, 7) is 2.98. The van der Waals surface area contributed by atoms with Gasteiger partial charge in [-0.25, -0.2) is 4.79 Å². The van der Waals surface area contributed by atoms with Crippen molar-refractivity contribution in [3.63, 3.8) is 0 Å². The molecule has 25 heavy (non-hydrogen) atoms. The van der Waals surface area contributed by atoms with Gasteiger partial charge in [0.2, 0.25) is 0 Å². The molecule has 1 aromatic rings. The second kappa shape index (κ2) is 13.9. The lowest BCUT2D eigenvalue weighted by molar-refractivity contribution is 0.512. The van der Waals surface area contributed by atoms with Crippen LogP contribution in [-0.2, 0) is 13.6 Å². The molecule has 144 valence electrons. The van der Waals surface area contributed by atoms with Crippen molar-refractivity contribution >= 4 is 0 Å². The van der Waals surface area contributed by atoms with Crippen molar-refractivity contribution in [3.8, 4) is 0 Å². The SMILES string of the molecule is CCCCCCCCCCCCCCCCn1ccc(=O)n(C)c1=O. The summed E-state index contributed by atoms with van der Waals surface area (Å²) in [6.07, 6.45) is 20.3. The fourth-order valence-electron chi connectivity index (χ4n) is 3.26. The Kier molecular flexibility index (Phi) is 12.1. The number of unbranched alkanes of at least 4 members (excludes halogenated alkanes) is 13. The minimum Gasteiger partial charge on any atom is -0.300 e. The Balaban J connectivity index is 1.92. The van der Waals surface area contributed by atoms with E-state index in [1.54, 1.807) is 10.8 Å². The zero-order valence-corrected chi connectivity index (χ0v) is 16.5. The molecule has 0 spiro atoms. The fraction of sp³-hybridized carbons (Fsp3) is 0.810. The highest BCUT2D eigenvalue weighted by molar-refractivity contribution is 4.85. The smallest absolute Gasteiger partial charge is 0.300 e. The number of rotatable bonds is 15. The van der Waals surface area contributed by atoms with Crippen LogP contribution in [0.5, 0.6) is 0 Å². The normalized spacial score (nSPS) is 11.1. The molecule has 0 atom stereocenters. The average molecular weight is 351 g/mol. The van der Waals surface area contributed by atoms with Crippen molar-refractivity contribution in [2.24, 2.45) is 7.05 Å². The Bertz CT molecular complexity index is 560. The van der Waals surface area contributed by atoms with Crippen LogP contribution in [0, 0.1) is 0 Å². The second-order valence-electron chi connectivity index (χ2n) is 7.29. The second-order valence-corrected chi connectivity index (χ2v) is 7.29. The van der Waals surface area contributed by atoms with E-state index < -0.39 is 0 Å². The maximum atomic E-state index is 11.9. The zero-order chi connectivity index (χ0) is 18.3. The Labute approximate surface area is 153 Å². The molecule has 0 saturated carbocycles. The van der Waals surface area contributed by atoms with Crippen LogP contribution >= 0.6 is 0 Å². The van der Waals surface area contributed by atoms with Crippen LogP contribution in [0.4, 0.5) is 0 Å². The molecule has 0 N–H and O–H groups in total. The van der Waals surface area contributed by atoms with Gasteiger partial charge in [-0.05, 0) is 6.42 Å². The summed E-state index contributed by atoms with van der Waals surface area (Å²) in [5.41, 5.74) is -0.440. The van der Waals surface area contributed by atoms with E-state index in [9.17, 15) is 9.59 Å². The summed E-state index contributed by atoms with van der Waals surface area (Å²) in [4.78, 5) is 23.2. The molecule has 0 fully saturated rings. The van der Waals surface area contributed by atoms with Gasteiger partial charge in [0.15, 0.2) is 0 Å². The molecule has 4 nitrogen and oxygen atoms in total. The van der Waals surface area contributed by atoms with E-state index in [2.05, 4.69) is 6.92 Å². The molecule has 1 aromatic heterocycles. The van der Waals surface area contributed by atoms with Gasteiger partial charge in [-0.3, -0.25) is 9.36 Å². The molecule has 0 saturated heterocycles. The van der Waals surface area contributed by atoms with Crippen molar-refractivity contribution in [2.75, 3.05) is 0 Å². The van der Waals surface area contributed by atoms with Crippen LogP contribution in [0.15, 0.2) is 21.9 Å². The summed E-state index contributed by atoms with van der Waals surface area (Å²) >= 11 is 0. The average Bonchev–Trinajstić information content (AvgIpc) is 2.61. The number of hydrogen-bond donors (Lipinski definition) is 0. The molecular formula is C21H38N2O2. The minimum absolute atomic E-state index is 0.206. The molecule has 0 aliphatic rings. The van der Waals surface area contributed by atoms with Crippen molar-refractivity contribution < 1.29 is 0 Å². The van der Waals surface area contributed by atoms with Crippen molar-refractivity contribution in [1.82, 2.24) is 9.13 Å². The summed E-state index contributed by atoms with van der Waals surface area (Å²) in [6, 6.07) is 1.46. The molecule has 0 radical (unpaired) electrons. The van der Waals surface area contributed by atoms with E-state index in [0.717, 1.165) is 12.8 Å². The standard InChI is InChI=1S/C21H38N2O2/c1-3-4-5-6-7-8-9-10-11-12-13-14-15-16-18-23-19-17-20(24)22(2)21(23)25/h17,19H,3-16,18H2,1-2H3. The molecule has 1 rings (SSSR count). The lowest BCUT2D eigenvalue weighted by Gasteiger charge is -2.07. The van der Waals surface area contributed by atoms with Crippen LogP contribution in [0.1, 0.15) is 96.8 Å².